The van der Waals surface area contributed by atoms with E-state index in [2.05, 4.69) is 5.32 Å². The number of hydrogen-bond donors (Lipinski definition) is 1. The molecule has 1 aliphatic carbocycles. The molecule has 1 atom stereocenters. The second-order valence-electron chi connectivity index (χ2n) is 4.99. The highest BCUT2D eigenvalue weighted by molar-refractivity contribution is 5.35. The Balaban J connectivity index is 1.88. The lowest BCUT2D eigenvalue weighted by Crippen LogP contribution is -2.46. The molecule has 0 spiro atoms. The highest BCUT2D eigenvalue weighted by Crippen LogP contribution is 2.27. The van der Waals surface area contributed by atoms with Gasteiger partial charge in [-0.05, 0) is 32.3 Å². The minimum Gasteiger partial charge on any atom is -0.378 e. The molecule has 2 rings (SSSR count). The van der Waals surface area contributed by atoms with Gasteiger partial charge in [-0.2, -0.15) is 0 Å². The number of non-ortho nitro benzene ring substituents is 1. The molecule has 1 N–H and O–H groups in total. The van der Waals surface area contributed by atoms with Gasteiger partial charge in [0.2, 0.25) is 0 Å². The SMILES string of the molecule is CCOC1CC(NC(C)c2cccc([N+](=O)[O-])c2)C1. The monoisotopic (exact) mass is 264 g/mol. The number of nitro benzene ring substituents is 1. The molecule has 19 heavy (non-hydrogen) atoms. The van der Waals surface area contributed by atoms with E-state index in [1.165, 1.54) is 6.07 Å². The Hall–Kier alpha value is -1.46. The topological polar surface area (TPSA) is 64.4 Å². The first-order valence-electron chi connectivity index (χ1n) is 6.72. The van der Waals surface area contributed by atoms with E-state index in [0.29, 0.717) is 12.1 Å². The summed E-state index contributed by atoms with van der Waals surface area (Å²) in [6.45, 7) is 4.80. The maximum Gasteiger partial charge on any atom is 0.269 e. The number of rotatable bonds is 6. The molecule has 5 nitrogen and oxygen atoms in total. The lowest BCUT2D eigenvalue weighted by atomic mass is 9.88. The summed E-state index contributed by atoms with van der Waals surface area (Å²) in [5.41, 5.74) is 1.10. The van der Waals surface area contributed by atoms with Crippen LogP contribution in [0.15, 0.2) is 24.3 Å². The summed E-state index contributed by atoms with van der Waals surface area (Å²) in [6, 6.07) is 7.37. The molecule has 1 aromatic rings. The summed E-state index contributed by atoms with van der Waals surface area (Å²) in [7, 11) is 0. The second kappa shape index (κ2) is 6.12. The highest BCUT2D eigenvalue weighted by atomic mass is 16.6. The van der Waals surface area contributed by atoms with Crippen LogP contribution < -0.4 is 5.32 Å². The number of hydrogen-bond acceptors (Lipinski definition) is 4. The minimum absolute atomic E-state index is 0.118. The van der Waals surface area contributed by atoms with E-state index in [0.717, 1.165) is 25.0 Å². The molecule has 104 valence electrons. The molecular weight excluding hydrogens is 244 g/mol. The van der Waals surface area contributed by atoms with Crippen LogP contribution in [0.4, 0.5) is 5.69 Å². The normalized spacial score (nSPS) is 23.7. The van der Waals surface area contributed by atoms with Gasteiger partial charge in [0.1, 0.15) is 0 Å². The van der Waals surface area contributed by atoms with Crippen molar-refractivity contribution in [1.82, 2.24) is 5.32 Å². The van der Waals surface area contributed by atoms with Gasteiger partial charge < -0.3 is 10.1 Å². The van der Waals surface area contributed by atoms with Crippen LogP contribution >= 0.6 is 0 Å². The number of ether oxygens (including phenoxy) is 1. The van der Waals surface area contributed by atoms with E-state index in [9.17, 15) is 10.1 Å². The van der Waals surface area contributed by atoms with Crippen molar-refractivity contribution >= 4 is 5.69 Å². The lowest BCUT2D eigenvalue weighted by Gasteiger charge is -2.37. The van der Waals surface area contributed by atoms with Crippen LogP contribution in [-0.4, -0.2) is 23.7 Å². The maximum absolute atomic E-state index is 10.7. The van der Waals surface area contributed by atoms with Gasteiger partial charge in [-0.1, -0.05) is 12.1 Å². The summed E-state index contributed by atoms with van der Waals surface area (Å²) in [5.74, 6) is 0. The molecule has 1 unspecified atom stereocenters. The molecule has 1 saturated carbocycles. The Kier molecular flexibility index (Phi) is 4.50. The summed E-state index contributed by atoms with van der Waals surface area (Å²) in [6.07, 6.45) is 2.42. The average molecular weight is 264 g/mol. The smallest absolute Gasteiger partial charge is 0.269 e. The summed E-state index contributed by atoms with van der Waals surface area (Å²) in [5, 5.41) is 14.2. The van der Waals surface area contributed by atoms with E-state index in [4.69, 9.17) is 4.74 Å². The van der Waals surface area contributed by atoms with Gasteiger partial charge in [0, 0.05) is 30.8 Å². The summed E-state index contributed by atoms with van der Waals surface area (Å²) in [4.78, 5) is 10.4. The van der Waals surface area contributed by atoms with Crippen molar-refractivity contribution in [3.05, 3.63) is 39.9 Å². The number of benzene rings is 1. The molecule has 0 aromatic heterocycles. The molecule has 5 heteroatoms. The highest BCUT2D eigenvalue weighted by Gasteiger charge is 2.30. The first-order valence-corrected chi connectivity index (χ1v) is 6.72. The van der Waals surface area contributed by atoms with E-state index in [-0.39, 0.29) is 16.7 Å². The van der Waals surface area contributed by atoms with Gasteiger partial charge in [0.15, 0.2) is 0 Å². The quantitative estimate of drug-likeness (QED) is 0.634. The molecule has 0 amide bonds. The van der Waals surface area contributed by atoms with Crippen LogP contribution in [0.25, 0.3) is 0 Å². The third-order valence-electron chi connectivity index (χ3n) is 3.56. The molecule has 0 radical (unpaired) electrons. The number of nitro groups is 1. The molecular formula is C14H20N2O3. The largest absolute Gasteiger partial charge is 0.378 e. The molecule has 1 aromatic carbocycles. The standard InChI is InChI=1S/C14H20N2O3/c1-3-19-14-8-12(9-14)15-10(2)11-5-4-6-13(7-11)16(17)18/h4-7,10,12,14-15H,3,8-9H2,1-2H3. The first-order chi connectivity index (χ1) is 9.10. The predicted molar refractivity (Wildman–Crippen MR) is 73.1 cm³/mol. The molecule has 0 heterocycles. The van der Waals surface area contributed by atoms with Gasteiger partial charge in [-0.3, -0.25) is 10.1 Å². The molecule has 0 saturated heterocycles. The first kappa shape index (κ1) is 14.0. The predicted octanol–water partition coefficient (Wildman–Crippen LogP) is 2.81. The van der Waals surface area contributed by atoms with Crippen molar-refractivity contribution in [3.8, 4) is 0 Å². The average Bonchev–Trinajstić information content (AvgIpc) is 2.36. The van der Waals surface area contributed by atoms with Crippen LogP contribution in [0.2, 0.25) is 0 Å². The Morgan fingerprint density at radius 1 is 1.53 bits per heavy atom. The van der Waals surface area contributed by atoms with Crippen molar-refractivity contribution in [2.45, 2.75) is 44.9 Å². The third kappa shape index (κ3) is 3.52. The third-order valence-corrected chi connectivity index (χ3v) is 3.56. The van der Waals surface area contributed by atoms with Gasteiger partial charge in [-0.15, -0.1) is 0 Å². The molecule has 1 aliphatic rings. The summed E-state index contributed by atoms with van der Waals surface area (Å²) < 4.78 is 5.52. The fourth-order valence-corrected chi connectivity index (χ4v) is 2.43. The van der Waals surface area contributed by atoms with Crippen molar-refractivity contribution in [3.63, 3.8) is 0 Å². The minimum atomic E-state index is -0.356. The zero-order valence-electron chi connectivity index (χ0n) is 11.3. The Bertz CT molecular complexity index is 444. The molecule has 1 fully saturated rings. The van der Waals surface area contributed by atoms with Crippen molar-refractivity contribution in [2.24, 2.45) is 0 Å². The Morgan fingerprint density at radius 2 is 2.26 bits per heavy atom. The zero-order valence-corrected chi connectivity index (χ0v) is 11.3. The number of nitrogens with one attached hydrogen (secondary N) is 1. The van der Waals surface area contributed by atoms with Crippen LogP contribution in [0.3, 0.4) is 0 Å². The van der Waals surface area contributed by atoms with Crippen molar-refractivity contribution in [1.29, 1.82) is 0 Å². The van der Waals surface area contributed by atoms with Gasteiger partial charge >= 0.3 is 0 Å². The van der Waals surface area contributed by atoms with Crippen LogP contribution in [0.1, 0.15) is 38.3 Å². The fourth-order valence-electron chi connectivity index (χ4n) is 2.43. The number of nitrogens with zero attached hydrogens (tertiary/aromatic N) is 1. The maximum atomic E-state index is 10.7. The van der Waals surface area contributed by atoms with Crippen LogP contribution in [-0.2, 0) is 4.74 Å². The van der Waals surface area contributed by atoms with E-state index in [1.807, 2.05) is 19.9 Å². The summed E-state index contributed by atoms with van der Waals surface area (Å²) >= 11 is 0. The van der Waals surface area contributed by atoms with Gasteiger partial charge in [-0.25, -0.2) is 0 Å². The van der Waals surface area contributed by atoms with Crippen LogP contribution in [0, 0.1) is 10.1 Å². The molecule has 0 aliphatic heterocycles. The van der Waals surface area contributed by atoms with Gasteiger partial charge in [0.05, 0.1) is 11.0 Å². The van der Waals surface area contributed by atoms with Crippen molar-refractivity contribution in [2.75, 3.05) is 6.61 Å². The van der Waals surface area contributed by atoms with E-state index < -0.39 is 0 Å². The second-order valence-corrected chi connectivity index (χ2v) is 4.99. The van der Waals surface area contributed by atoms with Gasteiger partial charge in [0.25, 0.3) is 5.69 Å². The Morgan fingerprint density at radius 3 is 2.89 bits per heavy atom. The fraction of sp³-hybridized carbons (Fsp3) is 0.571. The van der Waals surface area contributed by atoms with Crippen molar-refractivity contribution < 1.29 is 9.66 Å². The Labute approximate surface area is 113 Å². The lowest BCUT2D eigenvalue weighted by molar-refractivity contribution is -0.384. The molecule has 0 bridgehead atoms. The van der Waals surface area contributed by atoms with E-state index in [1.54, 1.807) is 12.1 Å². The zero-order chi connectivity index (χ0) is 13.8. The van der Waals surface area contributed by atoms with E-state index >= 15 is 0 Å². The van der Waals surface area contributed by atoms with Crippen LogP contribution in [0.5, 0.6) is 0 Å².